The summed E-state index contributed by atoms with van der Waals surface area (Å²) in [6.07, 6.45) is 2.72. The van der Waals surface area contributed by atoms with Gasteiger partial charge in [0.15, 0.2) is 0 Å². The summed E-state index contributed by atoms with van der Waals surface area (Å²) < 4.78 is 1.65. The molecule has 3 aromatic rings. The Labute approximate surface area is 119 Å². The number of nitrogens with zero attached hydrogens (tertiary/aromatic N) is 4. The molecule has 0 aliphatic rings. The Morgan fingerprint density at radius 3 is 2.95 bits per heavy atom. The van der Waals surface area contributed by atoms with Gasteiger partial charge in [0.25, 0.3) is 11.7 Å². The zero-order chi connectivity index (χ0) is 14.1. The Bertz CT molecular complexity index is 776. The molecule has 0 fully saturated rings. The van der Waals surface area contributed by atoms with Gasteiger partial charge in [-0.15, -0.1) is 21.5 Å². The van der Waals surface area contributed by atoms with Crippen molar-refractivity contribution in [2.75, 3.05) is 5.32 Å². The van der Waals surface area contributed by atoms with E-state index in [1.54, 1.807) is 10.6 Å². The van der Waals surface area contributed by atoms with Crippen LogP contribution in [0, 0.1) is 6.92 Å². The van der Waals surface area contributed by atoms with E-state index in [2.05, 4.69) is 27.4 Å². The third kappa shape index (κ3) is 2.27. The molecule has 0 saturated heterocycles. The lowest BCUT2D eigenvalue weighted by Crippen LogP contribution is -2.12. The topological polar surface area (TPSA) is 72.2 Å². The van der Waals surface area contributed by atoms with Crippen LogP contribution in [0.2, 0.25) is 0 Å². The molecule has 102 valence electrons. The second-order valence-corrected chi connectivity index (χ2v) is 5.50. The second kappa shape index (κ2) is 5.01. The molecular weight excluding hydrogens is 274 g/mol. The fourth-order valence-corrected chi connectivity index (χ4v) is 2.66. The van der Waals surface area contributed by atoms with Gasteiger partial charge in [0.2, 0.25) is 5.95 Å². The highest BCUT2D eigenvalue weighted by atomic mass is 32.1. The maximum absolute atomic E-state index is 12.1. The fourth-order valence-electron chi connectivity index (χ4n) is 1.81. The molecule has 0 bridgehead atoms. The number of nitrogens with one attached hydrogen (secondary N) is 1. The van der Waals surface area contributed by atoms with Crippen LogP contribution in [0.4, 0.5) is 5.95 Å². The molecule has 0 atom stereocenters. The minimum atomic E-state index is -0.176. The molecule has 0 unspecified atom stereocenters. The summed E-state index contributed by atoms with van der Waals surface area (Å²) in [4.78, 5) is 18.2. The van der Waals surface area contributed by atoms with Gasteiger partial charge in [0.1, 0.15) is 0 Å². The van der Waals surface area contributed by atoms with Gasteiger partial charge < -0.3 is 0 Å². The summed E-state index contributed by atoms with van der Waals surface area (Å²) in [6, 6.07) is 5.63. The number of carbonyl (C=O) groups excluding carboxylic acids is 1. The van der Waals surface area contributed by atoms with Crippen molar-refractivity contribution in [2.45, 2.75) is 20.3 Å². The second-order valence-electron chi connectivity index (χ2n) is 4.34. The van der Waals surface area contributed by atoms with Crippen LogP contribution in [-0.4, -0.2) is 25.5 Å². The first kappa shape index (κ1) is 12.7. The number of aryl methyl sites for hydroxylation is 2. The van der Waals surface area contributed by atoms with E-state index in [4.69, 9.17) is 0 Å². The maximum Gasteiger partial charge on any atom is 0.268 e. The predicted octanol–water partition coefficient (Wildman–Crippen LogP) is 2.31. The average Bonchev–Trinajstić information content (AvgIpc) is 3.05. The zero-order valence-corrected chi connectivity index (χ0v) is 11.9. The number of carbonyl (C=O) groups is 1. The van der Waals surface area contributed by atoms with Crippen molar-refractivity contribution in [3.63, 3.8) is 0 Å². The minimum absolute atomic E-state index is 0.176. The van der Waals surface area contributed by atoms with Crippen LogP contribution in [0.3, 0.4) is 0 Å². The summed E-state index contributed by atoms with van der Waals surface area (Å²) in [5.74, 6) is 0.675. The van der Waals surface area contributed by atoms with Crippen LogP contribution in [0.25, 0.3) is 5.78 Å². The summed E-state index contributed by atoms with van der Waals surface area (Å²) in [5.41, 5.74) is 0.855. The number of anilines is 1. The zero-order valence-electron chi connectivity index (χ0n) is 11.1. The number of rotatable bonds is 3. The van der Waals surface area contributed by atoms with Crippen molar-refractivity contribution in [3.8, 4) is 0 Å². The molecule has 20 heavy (non-hydrogen) atoms. The van der Waals surface area contributed by atoms with Gasteiger partial charge in [-0.05, 0) is 31.5 Å². The molecule has 1 amide bonds. The highest BCUT2D eigenvalue weighted by molar-refractivity contribution is 7.14. The van der Waals surface area contributed by atoms with Crippen molar-refractivity contribution in [3.05, 3.63) is 39.8 Å². The standard InChI is InChI=1S/C13H13N5OS/c1-3-9-4-5-10(20-9)11(19)15-13-17-16-12-14-8(2)6-7-18(12)13/h4-7H,3H2,1-2H3,(H,15,17,19). The summed E-state index contributed by atoms with van der Waals surface area (Å²) in [6.45, 7) is 3.94. The number of fused-ring (bicyclic) bond motifs is 1. The van der Waals surface area contributed by atoms with Crippen molar-refractivity contribution in [1.29, 1.82) is 0 Å². The van der Waals surface area contributed by atoms with Crippen molar-refractivity contribution in [1.82, 2.24) is 19.6 Å². The first-order chi connectivity index (χ1) is 9.67. The van der Waals surface area contributed by atoms with Gasteiger partial charge in [-0.1, -0.05) is 6.92 Å². The molecule has 0 aliphatic heterocycles. The molecule has 1 N–H and O–H groups in total. The lowest BCUT2D eigenvalue weighted by atomic mass is 10.3. The monoisotopic (exact) mass is 287 g/mol. The Morgan fingerprint density at radius 2 is 2.20 bits per heavy atom. The van der Waals surface area contributed by atoms with Crippen LogP contribution in [0.5, 0.6) is 0 Å². The molecule has 0 radical (unpaired) electrons. The average molecular weight is 287 g/mol. The smallest absolute Gasteiger partial charge is 0.268 e. The Balaban J connectivity index is 1.87. The Hall–Kier alpha value is -2.28. The van der Waals surface area contributed by atoms with Gasteiger partial charge in [-0.25, -0.2) is 4.98 Å². The maximum atomic E-state index is 12.1. The molecule has 7 heteroatoms. The first-order valence-electron chi connectivity index (χ1n) is 6.26. The molecule has 3 heterocycles. The van der Waals surface area contributed by atoms with Crippen LogP contribution in [0.1, 0.15) is 27.2 Å². The highest BCUT2D eigenvalue weighted by Crippen LogP contribution is 2.18. The van der Waals surface area contributed by atoms with Gasteiger partial charge in [-0.2, -0.15) is 0 Å². The van der Waals surface area contributed by atoms with E-state index in [-0.39, 0.29) is 5.91 Å². The fraction of sp³-hybridized carbons (Fsp3) is 0.231. The predicted molar refractivity (Wildman–Crippen MR) is 77.2 cm³/mol. The normalized spacial score (nSPS) is 10.9. The van der Waals surface area contributed by atoms with E-state index in [9.17, 15) is 4.79 Å². The summed E-state index contributed by atoms with van der Waals surface area (Å²) in [7, 11) is 0. The summed E-state index contributed by atoms with van der Waals surface area (Å²) >= 11 is 1.49. The lowest BCUT2D eigenvalue weighted by molar-refractivity contribution is 0.102. The SMILES string of the molecule is CCc1ccc(C(=O)Nc2nnc3nc(C)ccn23)s1. The minimum Gasteiger partial charge on any atom is -0.289 e. The Kier molecular flexibility index (Phi) is 3.19. The molecule has 0 aliphatic carbocycles. The van der Waals surface area contributed by atoms with E-state index in [1.807, 2.05) is 25.1 Å². The Morgan fingerprint density at radius 1 is 1.35 bits per heavy atom. The van der Waals surface area contributed by atoms with Crippen LogP contribution < -0.4 is 5.32 Å². The van der Waals surface area contributed by atoms with E-state index >= 15 is 0 Å². The number of hydrogen-bond acceptors (Lipinski definition) is 5. The van der Waals surface area contributed by atoms with Gasteiger partial charge >= 0.3 is 0 Å². The largest absolute Gasteiger partial charge is 0.289 e. The molecule has 0 aromatic carbocycles. The number of thiophene rings is 1. The van der Waals surface area contributed by atoms with E-state index < -0.39 is 0 Å². The number of amides is 1. The number of hydrogen-bond donors (Lipinski definition) is 1. The van der Waals surface area contributed by atoms with Crippen molar-refractivity contribution in [2.24, 2.45) is 0 Å². The molecule has 0 spiro atoms. The summed E-state index contributed by atoms with van der Waals surface area (Å²) in [5, 5.41) is 10.6. The first-order valence-corrected chi connectivity index (χ1v) is 7.07. The number of aromatic nitrogens is 4. The van der Waals surface area contributed by atoms with Crippen molar-refractivity contribution < 1.29 is 4.79 Å². The van der Waals surface area contributed by atoms with E-state index in [0.717, 1.165) is 12.1 Å². The molecule has 3 rings (SSSR count). The highest BCUT2D eigenvalue weighted by Gasteiger charge is 2.13. The quantitative estimate of drug-likeness (QED) is 0.802. The van der Waals surface area contributed by atoms with Gasteiger partial charge in [0, 0.05) is 16.8 Å². The van der Waals surface area contributed by atoms with Crippen LogP contribution in [-0.2, 0) is 6.42 Å². The van der Waals surface area contributed by atoms with Crippen LogP contribution >= 0.6 is 11.3 Å². The molecule has 0 saturated carbocycles. The molecule has 3 aromatic heterocycles. The molecular formula is C13H13N5OS. The van der Waals surface area contributed by atoms with Gasteiger partial charge in [0.05, 0.1) is 4.88 Å². The van der Waals surface area contributed by atoms with E-state index in [1.165, 1.54) is 16.2 Å². The van der Waals surface area contributed by atoms with Crippen molar-refractivity contribution >= 4 is 29.0 Å². The third-order valence-corrected chi connectivity index (χ3v) is 4.11. The van der Waals surface area contributed by atoms with E-state index in [0.29, 0.717) is 16.6 Å². The third-order valence-electron chi connectivity index (χ3n) is 2.88. The van der Waals surface area contributed by atoms with Gasteiger partial charge in [-0.3, -0.25) is 14.5 Å². The van der Waals surface area contributed by atoms with Crippen LogP contribution in [0.15, 0.2) is 24.4 Å². The lowest BCUT2D eigenvalue weighted by Gasteiger charge is -2.01. The molecule has 6 nitrogen and oxygen atoms in total.